The van der Waals surface area contributed by atoms with E-state index in [9.17, 15) is 9.59 Å². The summed E-state index contributed by atoms with van der Waals surface area (Å²) in [5, 5.41) is 5.53. The first-order valence-electron chi connectivity index (χ1n) is 5.59. The van der Waals surface area contributed by atoms with E-state index in [1.54, 1.807) is 13.1 Å². The number of para-hydroxylation sites is 1. The Morgan fingerprint density at radius 2 is 2.26 bits per heavy atom. The van der Waals surface area contributed by atoms with Crippen LogP contribution >= 0.6 is 27.7 Å². The van der Waals surface area contributed by atoms with Crippen molar-refractivity contribution in [2.45, 2.75) is 11.7 Å². The van der Waals surface area contributed by atoms with Crippen molar-refractivity contribution >= 4 is 50.4 Å². The van der Waals surface area contributed by atoms with Gasteiger partial charge in [-0.25, -0.2) is 0 Å². The molecule has 1 aromatic carbocycles. The van der Waals surface area contributed by atoms with Crippen LogP contribution in [0.15, 0.2) is 33.7 Å². The van der Waals surface area contributed by atoms with Crippen LogP contribution in [0.1, 0.15) is 6.42 Å². The molecular weight excluding hydrogens is 330 g/mol. The average molecular weight is 342 g/mol. The SMILES string of the molecule is CN=C1NC(=O)[C@@H](CC(=O)Nc2ccccc2Br)S1. The Kier molecular flexibility index (Phi) is 4.60. The topological polar surface area (TPSA) is 70.6 Å². The predicted molar refractivity (Wildman–Crippen MR) is 80.3 cm³/mol. The summed E-state index contributed by atoms with van der Waals surface area (Å²) >= 11 is 4.63. The molecule has 2 N–H and O–H groups in total. The molecule has 5 nitrogen and oxygen atoms in total. The minimum Gasteiger partial charge on any atom is -0.325 e. The lowest BCUT2D eigenvalue weighted by atomic mass is 10.2. The molecule has 1 heterocycles. The first-order chi connectivity index (χ1) is 9.10. The van der Waals surface area contributed by atoms with Crippen LogP contribution in [0.25, 0.3) is 0 Å². The van der Waals surface area contributed by atoms with Gasteiger partial charge in [-0.3, -0.25) is 14.6 Å². The number of nitrogens with zero attached hydrogens (tertiary/aromatic N) is 1. The van der Waals surface area contributed by atoms with Gasteiger partial charge >= 0.3 is 0 Å². The summed E-state index contributed by atoms with van der Waals surface area (Å²) in [6.07, 6.45) is 0.122. The third-order valence-electron chi connectivity index (χ3n) is 2.50. The molecule has 0 spiro atoms. The second-order valence-corrected chi connectivity index (χ2v) is 5.90. The number of hydrogen-bond donors (Lipinski definition) is 2. The van der Waals surface area contributed by atoms with E-state index in [0.29, 0.717) is 10.9 Å². The first-order valence-corrected chi connectivity index (χ1v) is 7.26. The molecule has 0 unspecified atom stereocenters. The number of amidine groups is 1. The molecule has 1 aromatic rings. The van der Waals surface area contributed by atoms with Gasteiger partial charge in [0.25, 0.3) is 0 Å². The Morgan fingerprint density at radius 1 is 1.53 bits per heavy atom. The summed E-state index contributed by atoms with van der Waals surface area (Å²) < 4.78 is 0.808. The van der Waals surface area contributed by atoms with Gasteiger partial charge in [0.05, 0.1) is 5.69 Å². The van der Waals surface area contributed by atoms with Crippen LogP contribution in [0.2, 0.25) is 0 Å². The molecule has 2 amide bonds. The Labute approximate surface area is 123 Å². The van der Waals surface area contributed by atoms with Gasteiger partial charge in [-0.1, -0.05) is 23.9 Å². The van der Waals surface area contributed by atoms with Crippen LogP contribution in [0.3, 0.4) is 0 Å². The summed E-state index contributed by atoms with van der Waals surface area (Å²) in [5.41, 5.74) is 0.695. The molecule has 0 radical (unpaired) electrons. The van der Waals surface area contributed by atoms with E-state index in [4.69, 9.17) is 0 Å². The minimum atomic E-state index is -0.416. The number of carbonyl (C=O) groups excluding carboxylic acids is 2. The zero-order valence-corrected chi connectivity index (χ0v) is 12.5. The van der Waals surface area contributed by atoms with Crippen LogP contribution in [-0.4, -0.2) is 29.3 Å². The number of hydrogen-bond acceptors (Lipinski definition) is 4. The van der Waals surface area contributed by atoms with Crippen LogP contribution in [-0.2, 0) is 9.59 Å². The highest BCUT2D eigenvalue weighted by molar-refractivity contribution is 9.10. The van der Waals surface area contributed by atoms with E-state index in [2.05, 4.69) is 31.6 Å². The van der Waals surface area contributed by atoms with E-state index in [1.807, 2.05) is 18.2 Å². The number of anilines is 1. The van der Waals surface area contributed by atoms with Crippen LogP contribution in [0.5, 0.6) is 0 Å². The Morgan fingerprint density at radius 3 is 2.89 bits per heavy atom. The van der Waals surface area contributed by atoms with Crippen molar-refractivity contribution in [3.8, 4) is 0 Å². The van der Waals surface area contributed by atoms with Gasteiger partial charge in [0.15, 0.2) is 5.17 Å². The summed E-state index contributed by atoms with van der Waals surface area (Å²) in [5.74, 6) is -0.371. The Hall–Kier alpha value is -1.34. The van der Waals surface area contributed by atoms with Crippen molar-refractivity contribution in [2.24, 2.45) is 4.99 Å². The molecule has 2 rings (SSSR count). The highest BCUT2D eigenvalue weighted by atomic mass is 79.9. The number of thioether (sulfide) groups is 1. The molecule has 1 aliphatic heterocycles. The lowest BCUT2D eigenvalue weighted by Gasteiger charge is -2.08. The number of amides is 2. The van der Waals surface area contributed by atoms with Gasteiger partial charge in [-0.2, -0.15) is 0 Å². The van der Waals surface area contributed by atoms with E-state index < -0.39 is 5.25 Å². The quantitative estimate of drug-likeness (QED) is 0.883. The largest absolute Gasteiger partial charge is 0.325 e. The molecule has 1 saturated heterocycles. The molecule has 100 valence electrons. The zero-order valence-electron chi connectivity index (χ0n) is 10.1. The monoisotopic (exact) mass is 341 g/mol. The maximum atomic E-state index is 11.9. The molecule has 0 bridgehead atoms. The molecular formula is C12H12BrN3O2S. The molecule has 0 aliphatic carbocycles. The van der Waals surface area contributed by atoms with Gasteiger partial charge in [-0.05, 0) is 28.1 Å². The highest BCUT2D eigenvalue weighted by Crippen LogP contribution is 2.24. The van der Waals surface area contributed by atoms with Crippen LogP contribution in [0.4, 0.5) is 5.69 Å². The van der Waals surface area contributed by atoms with E-state index in [-0.39, 0.29) is 18.2 Å². The fourth-order valence-corrected chi connectivity index (χ4v) is 2.90. The smallest absolute Gasteiger partial charge is 0.240 e. The van der Waals surface area contributed by atoms with Crippen LogP contribution in [0, 0.1) is 0 Å². The first kappa shape index (κ1) is 14.1. The normalized spacial score (nSPS) is 20.4. The van der Waals surface area contributed by atoms with Crippen molar-refractivity contribution in [1.29, 1.82) is 0 Å². The Balaban J connectivity index is 1.96. The highest BCUT2D eigenvalue weighted by Gasteiger charge is 2.31. The summed E-state index contributed by atoms with van der Waals surface area (Å²) in [7, 11) is 1.60. The fourth-order valence-electron chi connectivity index (χ4n) is 1.58. The van der Waals surface area contributed by atoms with E-state index in [1.165, 1.54) is 11.8 Å². The molecule has 7 heteroatoms. The summed E-state index contributed by atoms with van der Waals surface area (Å²) in [4.78, 5) is 27.4. The number of halogens is 1. The predicted octanol–water partition coefficient (Wildman–Crippen LogP) is 2.00. The lowest BCUT2D eigenvalue weighted by Crippen LogP contribution is -2.28. The summed E-state index contributed by atoms with van der Waals surface area (Å²) in [6, 6.07) is 7.33. The zero-order chi connectivity index (χ0) is 13.8. The fraction of sp³-hybridized carbons (Fsp3) is 0.250. The molecule has 19 heavy (non-hydrogen) atoms. The number of rotatable bonds is 3. The standard InChI is InChI=1S/C12H12BrN3O2S/c1-14-12-16-11(18)9(19-12)6-10(17)15-8-5-3-2-4-7(8)13/h2-5,9H,6H2,1H3,(H,15,17)(H,14,16,18)/t9-/m1/s1. The van der Waals surface area contributed by atoms with Crippen molar-refractivity contribution < 1.29 is 9.59 Å². The van der Waals surface area contributed by atoms with E-state index in [0.717, 1.165) is 4.47 Å². The van der Waals surface area contributed by atoms with Crippen molar-refractivity contribution in [2.75, 3.05) is 12.4 Å². The third kappa shape index (κ3) is 3.57. The number of nitrogens with one attached hydrogen (secondary N) is 2. The van der Waals surface area contributed by atoms with Gasteiger partial charge in [0.2, 0.25) is 11.8 Å². The number of aliphatic imine (C=N–C) groups is 1. The minimum absolute atomic E-state index is 0.122. The Bertz CT molecular complexity index is 548. The number of carbonyl (C=O) groups is 2. The lowest BCUT2D eigenvalue weighted by molar-refractivity contribution is -0.122. The van der Waals surface area contributed by atoms with Gasteiger partial charge < -0.3 is 10.6 Å². The average Bonchev–Trinajstić information content (AvgIpc) is 2.73. The van der Waals surface area contributed by atoms with Crippen LogP contribution < -0.4 is 10.6 Å². The van der Waals surface area contributed by atoms with Gasteiger partial charge in [0.1, 0.15) is 5.25 Å². The third-order valence-corrected chi connectivity index (χ3v) is 4.36. The second kappa shape index (κ2) is 6.21. The molecule has 0 saturated carbocycles. The van der Waals surface area contributed by atoms with E-state index >= 15 is 0 Å². The second-order valence-electron chi connectivity index (χ2n) is 3.86. The molecule has 1 aliphatic rings. The molecule has 1 fully saturated rings. The van der Waals surface area contributed by atoms with Gasteiger partial charge in [-0.15, -0.1) is 0 Å². The maximum Gasteiger partial charge on any atom is 0.240 e. The number of benzene rings is 1. The van der Waals surface area contributed by atoms with Gasteiger partial charge in [0, 0.05) is 17.9 Å². The maximum absolute atomic E-state index is 11.9. The van der Waals surface area contributed by atoms with Crippen molar-refractivity contribution in [3.05, 3.63) is 28.7 Å². The van der Waals surface area contributed by atoms with Crippen molar-refractivity contribution in [3.63, 3.8) is 0 Å². The van der Waals surface area contributed by atoms with Crippen molar-refractivity contribution in [1.82, 2.24) is 5.32 Å². The molecule has 1 atom stereocenters. The molecule has 0 aromatic heterocycles. The summed E-state index contributed by atoms with van der Waals surface area (Å²) in [6.45, 7) is 0.